The minimum atomic E-state index is -1.15. The Hall–Kier alpha value is -2.24. The van der Waals surface area contributed by atoms with Crippen molar-refractivity contribution in [3.8, 4) is 11.5 Å². The van der Waals surface area contributed by atoms with Crippen molar-refractivity contribution >= 4 is 11.9 Å². The minimum Gasteiger partial charge on any atom is -0.485 e. The number of ether oxygens (including phenoxy) is 2. The van der Waals surface area contributed by atoms with Gasteiger partial charge in [0.15, 0.2) is 11.5 Å². The fourth-order valence-corrected chi connectivity index (χ4v) is 1.33. The van der Waals surface area contributed by atoms with Crippen molar-refractivity contribution in [2.75, 3.05) is 6.61 Å². The second-order valence-electron chi connectivity index (χ2n) is 3.22. The third-order valence-electron chi connectivity index (χ3n) is 2.13. The summed E-state index contributed by atoms with van der Waals surface area (Å²) in [6.07, 6.45) is -1.10. The molecule has 1 aromatic rings. The Morgan fingerprint density at radius 2 is 2.00 bits per heavy atom. The second-order valence-corrected chi connectivity index (χ2v) is 3.22. The molecule has 0 spiro atoms. The van der Waals surface area contributed by atoms with Gasteiger partial charge in [-0.1, -0.05) is 0 Å². The number of carbonyl (C=O) groups is 2. The Morgan fingerprint density at radius 1 is 1.25 bits per heavy atom. The highest BCUT2D eigenvalue weighted by atomic mass is 16.6. The molecule has 1 unspecified atom stereocenters. The summed E-state index contributed by atoms with van der Waals surface area (Å²) in [5.74, 6) is -1.77. The Balaban J connectivity index is 2.32. The predicted octanol–water partition coefficient (Wildman–Crippen LogP) is 0.609. The molecule has 1 aliphatic heterocycles. The minimum absolute atomic E-state index is 0.0217. The van der Waals surface area contributed by atoms with E-state index in [0.29, 0.717) is 5.75 Å². The molecular weight excluding hydrogens is 216 g/mol. The van der Waals surface area contributed by atoms with E-state index in [0.717, 1.165) is 0 Å². The summed E-state index contributed by atoms with van der Waals surface area (Å²) < 4.78 is 10.2. The van der Waals surface area contributed by atoms with Crippen LogP contribution in [0.1, 0.15) is 10.4 Å². The van der Waals surface area contributed by atoms with Gasteiger partial charge >= 0.3 is 11.9 Å². The maximum absolute atomic E-state index is 10.7. The quantitative estimate of drug-likeness (QED) is 0.764. The summed E-state index contributed by atoms with van der Waals surface area (Å²) in [5.41, 5.74) is 0.0217. The topological polar surface area (TPSA) is 93.1 Å². The number of fused-ring (bicyclic) bond motifs is 1. The van der Waals surface area contributed by atoms with E-state index in [4.69, 9.17) is 19.7 Å². The lowest BCUT2D eigenvalue weighted by Crippen LogP contribution is -2.36. The molecule has 16 heavy (non-hydrogen) atoms. The third-order valence-corrected chi connectivity index (χ3v) is 2.13. The second kappa shape index (κ2) is 3.73. The standard InChI is InChI=1S/C10H8O6/c11-9(12)5-1-2-6-7(3-5)16-8(4-15-6)10(13)14/h1-3,8H,4H2,(H,11,12)(H,13,14). The number of carboxylic acids is 2. The van der Waals surface area contributed by atoms with Crippen molar-refractivity contribution in [2.24, 2.45) is 0 Å². The summed E-state index contributed by atoms with van der Waals surface area (Å²) in [6, 6.07) is 4.05. The maximum Gasteiger partial charge on any atom is 0.348 e. The predicted molar refractivity (Wildman–Crippen MR) is 50.9 cm³/mol. The first-order valence-corrected chi connectivity index (χ1v) is 4.47. The fourth-order valence-electron chi connectivity index (χ4n) is 1.33. The fraction of sp³-hybridized carbons (Fsp3) is 0.200. The monoisotopic (exact) mass is 224 g/mol. The molecule has 1 aliphatic rings. The molecule has 84 valence electrons. The first-order chi connectivity index (χ1) is 7.58. The molecule has 1 heterocycles. The number of aromatic carboxylic acids is 1. The molecule has 0 aliphatic carbocycles. The van der Waals surface area contributed by atoms with Crippen molar-refractivity contribution in [3.05, 3.63) is 23.8 Å². The van der Waals surface area contributed by atoms with Crippen molar-refractivity contribution in [1.29, 1.82) is 0 Å². The number of benzene rings is 1. The number of aliphatic carboxylic acids is 1. The van der Waals surface area contributed by atoms with E-state index in [2.05, 4.69) is 0 Å². The van der Waals surface area contributed by atoms with Crippen LogP contribution in [0.3, 0.4) is 0 Å². The SMILES string of the molecule is O=C(O)c1ccc2c(c1)OC(C(=O)O)CO2. The van der Waals surface area contributed by atoms with Gasteiger partial charge in [-0.2, -0.15) is 0 Å². The van der Waals surface area contributed by atoms with Crippen LogP contribution in [0.5, 0.6) is 11.5 Å². The van der Waals surface area contributed by atoms with Crippen molar-refractivity contribution < 1.29 is 29.3 Å². The van der Waals surface area contributed by atoms with Gasteiger partial charge in [-0.15, -0.1) is 0 Å². The molecule has 0 radical (unpaired) electrons. The molecule has 0 bridgehead atoms. The average Bonchev–Trinajstić information content (AvgIpc) is 2.27. The van der Waals surface area contributed by atoms with Gasteiger partial charge in [0.05, 0.1) is 5.56 Å². The summed E-state index contributed by atoms with van der Waals surface area (Å²) in [6.45, 7) is -0.0885. The Labute approximate surface area is 90.0 Å². The van der Waals surface area contributed by atoms with Gasteiger partial charge in [0.2, 0.25) is 6.10 Å². The Bertz CT molecular complexity index is 453. The largest absolute Gasteiger partial charge is 0.485 e. The lowest BCUT2D eigenvalue weighted by molar-refractivity contribution is -0.147. The third kappa shape index (κ3) is 1.77. The molecule has 0 amide bonds. The van der Waals surface area contributed by atoms with Crippen LogP contribution in [0.4, 0.5) is 0 Å². The highest BCUT2D eigenvalue weighted by Crippen LogP contribution is 2.32. The van der Waals surface area contributed by atoms with E-state index in [-0.39, 0.29) is 17.9 Å². The zero-order valence-electron chi connectivity index (χ0n) is 8.04. The highest BCUT2D eigenvalue weighted by Gasteiger charge is 2.27. The zero-order valence-corrected chi connectivity index (χ0v) is 8.04. The maximum atomic E-state index is 10.7. The van der Waals surface area contributed by atoms with Crippen LogP contribution in [0.2, 0.25) is 0 Å². The molecule has 0 saturated carbocycles. The number of rotatable bonds is 2. The first kappa shape index (κ1) is 10.3. The number of hydrogen-bond acceptors (Lipinski definition) is 4. The molecule has 6 heteroatoms. The Morgan fingerprint density at radius 3 is 2.62 bits per heavy atom. The number of carboxylic acid groups (broad SMARTS) is 2. The first-order valence-electron chi connectivity index (χ1n) is 4.47. The number of hydrogen-bond donors (Lipinski definition) is 2. The molecule has 0 saturated heterocycles. The lowest BCUT2D eigenvalue weighted by Gasteiger charge is -2.23. The smallest absolute Gasteiger partial charge is 0.348 e. The molecule has 0 fully saturated rings. The molecule has 1 atom stereocenters. The van der Waals surface area contributed by atoms with Crippen LogP contribution < -0.4 is 9.47 Å². The highest BCUT2D eigenvalue weighted by molar-refractivity contribution is 5.88. The molecule has 2 rings (SSSR count). The van der Waals surface area contributed by atoms with E-state index in [1.165, 1.54) is 18.2 Å². The van der Waals surface area contributed by atoms with E-state index in [1.807, 2.05) is 0 Å². The normalized spacial score (nSPS) is 17.9. The van der Waals surface area contributed by atoms with Crippen LogP contribution >= 0.6 is 0 Å². The molecular formula is C10H8O6. The van der Waals surface area contributed by atoms with Crippen LogP contribution in [0, 0.1) is 0 Å². The van der Waals surface area contributed by atoms with Gasteiger partial charge in [0.1, 0.15) is 6.61 Å². The van der Waals surface area contributed by atoms with E-state index in [9.17, 15) is 9.59 Å². The van der Waals surface area contributed by atoms with Gasteiger partial charge in [0, 0.05) is 0 Å². The van der Waals surface area contributed by atoms with E-state index >= 15 is 0 Å². The summed E-state index contributed by atoms with van der Waals surface area (Å²) in [4.78, 5) is 21.4. The summed E-state index contributed by atoms with van der Waals surface area (Å²) >= 11 is 0. The molecule has 1 aromatic carbocycles. The average molecular weight is 224 g/mol. The van der Waals surface area contributed by atoms with Crippen LogP contribution in [-0.2, 0) is 4.79 Å². The van der Waals surface area contributed by atoms with E-state index < -0.39 is 18.0 Å². The van der Waals surface area contributed by atoms with Gasteiger partial charge in [-0.05, 0) is 18.2 Å². The van der Waals surface area contributed by atoms with Gasteiger partial charge < -0.3 is 19.7 Å². The van der Waals surface area contributed by atoms with Gasteiger partial charge in [-0.25, -0.2) is 9.59 Å². The Kier molecular flexibility index (Phi) is 2.40. The van der Waals surface area contributed by atoms with Crippen molar-refractivity contribution in [3.63, 3.8) is 0 Å². The molecule has 6 nitrogen and oxygen atoms in total. The van der Waals surface area contributed by atoms with Crippen molar-refractivity contribution in [2.45, 2.75) is 6.10 Å². The van der Waals surface area contributed by atoms with Crippen LogP contribution in [0.15, 0.2) is 18.2 Å². The van der Waals surface area contributed by atoms with Gasteiger partial charge in [-0.3, -0.25) is 0 Å². The summed E-state index contributed by atoms with van der Waals surface area (Å²) in [5, 5.41) is 17.5. The molecule has 0 aromatic heterocycles. The van der Waals surface area contributed by atoms with Gasteiger partial charge in [0.25, 0.3) is 0 Å². The summed E-state index contributed by atoms with van der Waals surface area (Å²) in [7, 11) is 0. The van der Waals surface area contributed by atoms with E-state index in [1.54, 1.807) is 0 Å². The lowest BCUT2D eigenvalue weighted by atomic mass is 10.2. The zero-order chi connectivity index (χ0) is 11.7. The van der Waals surface area contributed by atoms with Crippen LogP contribution in [0.25, 0.3) is 0 Å². The van der Waals surface area contributed by atoms with Crippen LogP contribution in [-0.4, -0.2) is 34.9 Å². The van der Waals surface area contributed by atoms with Crippen molar-refractivity contribution in [1.82, 2.24) is 0 Å². The molecule has 2 N–H and O–H groups in total.